The number of piperidine rings is 1. The average Bonchev–Trinajstić information content (AvgIpc) is 3.42. The minimum Gasteiger partial charge on any atom is -0.481 e. The predicted octanol–water partition coefficient (Wildman–Crippen LogP) is 7.09. The summed E-state index contributed by atoms with van der Waals surface area (Å²) in [6.07, 6.45) is -1.22. The fraction of sp³-hybridized carbons (Fsp3) is 0.359. The van der Waals surface area contributed by atoms with Gasteiger partial charge in [-0.2, -0.15) is 0 Å². The highest BCUT2D eigenvalue weighted by molar-refractivity contribution is 6.39. The lowest BCUT2D eigenvalue weighted by molar-refractivity contribution is -0.145. The minimum absolute atomic E-state index is 0.00203. The molecule has 2 aliphatic carbocycles. The Morgan fingerprint density at radius 1 is 0.981 bits per heavy atom. The molecule has 2 fully saturated rings. The molecule has 4 heterocycles. The molecule has 0 bridgehead atoms. The number of anilines is 2. The van der Waals surface area contributed by atoms with Crippen molar-refractivity contribution in [3.05, 3.63) is 96.2 Å². The van der Waals surface area contributed by atoms with Crippen LogP contribution in [-0.2, 0) is 30.0 Å². The molecule has 54 heavy (non-hydrogen) atoms. The summed E-state index contributed by atoms with van der Waals surface area (Å²) < 4.78 is 41.1. The molecule has 2 aromatic carbocycles. The molecule has 1 saturated heterocycles. The molecule has 1 saturated carbocycles. The summed E-state index contributed by atoms with van der Waals surface area (Å²) >= 11 is 14.2. The number of nitrogens with one attached hydrogen (secondary N) is 1. The molecular weight excluding hydrogens is 741 g/mol. The number of benzene rings is 2. The molecular formula is C39H36Cl2F2N6O5. The topological polar surface area (TPSA) is 121 Å². The Kier molecular flexibility index (Phi) is 9.22. The van der Waals surface area contributed by atoms with Gasteiger partial charge in [0.15, 0.2) is 0 Å². The van der Waals surface area contributed by atoms with E-state index in [4.69, 9.17) is 37.7 Å². The van der Waals surface area contributed by atoms with Gasteiger partial charge in [0.2, 0.25) is 5.88 Å². The number of aromatic nitrogens is 4. The highest BCUT2D eigenvalue weighted by Crippen LogP contribution is 2.56. The molecule has 1 N–H and O–H groups in total. The first-order valence-corrected chi connectivity index (χ1v) is 18.4. The van der Waals surface area contributed by atoms with Crippen molar-refractivity contribution < 1.29 is 23.0 Å². The molecule has 0 spiro atoms. The first-order chi connectivity index (χ1) is 25.9. The number of aryl methyl sites for hydroxylation is 2. The Balaban J connectivity index is 1.12. The normalized spacial score (nSPS) is 20.3. The molecule has 3 unspecified atom stereocenters. The number of hydrogen-bond donors (Lipinski definition) is 1. The Morgan fingerprint density at radius 2 is 1.67 bits per heavy atom. The maximum absolute atomic E-state index is 14.0. The van der Waals surface area contributed by atoms with E-state index < -0.39 is 23.4 Å². The summed E-state index contributed by atoms with van der Waals surface area (Å²) in [5.41, 5.74) is 2.92. The summed E-state index contributed by atoms with van der Waals surface area (Å²) in [6.45, 7) is 3.91. The number of rotatable bonds is 9. The first-order valence-electron chi connectivity index (χ1n) is 17.7. The fourth-order valence-electron chi connectivity index (χ4n) is 8.36. The number of fused-ring (bicyclic) bond motifs is 3. The third-order valence-electron chi connectivity index (χ3n) is 11.1. The summed E-state index contributed by atoms with van der Waals surface area (Å²) in [7, 11) is 4.32. The smallest absolute Gasteiger partial charge is 0.330 e. The van der Waals surface area contributed by atoms with Crippen molar-refractivity contribution in [2.24, 2.45) is 31.8 Å². The van der Waals surface area contributed by atoms with E-state index in [-0.39, 0.29) is 45.4 Å². The van der Waals surface area contributed by atoms with Gasteiger partial charge >= 0.3 is 11.7 Å². The van der Waals surface area contributed by atoms with E-state index in [1.807, 2.05) is 25.1 Å². The van der Waals surface area contributed by atoms with Crippen LogP contribution in [0.25, 0.3) is 33.3 Å². The molecule has 11 nitrogen and oxygen atoms in total. The van der Waals surface area contributed by atoms with E-state index in [2.05, 4.69) is 21.3 Å². The standard InChI is InChI=1S/C39H36Cl2F2N6O5/c1-5-54-38(51)30-22-16-49(17-23(22)30)27-13-12-18-14-25(46-36(53-4)29(18)27)21-10-6-8-19(32(21)40)20-9-7-11-24(33(20)41)44-35-31-28(15-26(45-35)34(42)43)47(2)39(52)48(3)37(31)50/h6-11,14-15,22-23,27,30,34H,5,12-13,16-17H2,1-4H3,(H,44,45). The summed E-state index contributed by atoms with van der Waals surface area (Å²) in [6, 6.07) is 13.9. The monoisotopic (exact) mass is 776 g/mol. The predicted molar refractivity (Wildman–Crippen MR) is 202 cm³/mol. The van der Waals surface area contributed by atoms with Gasteiger partial charge in [-0.15, -0.1) is 0 Å². The SMILES string of the molecule is CCOC(=O)C1C2CN(C3CCc4cc(-c5cccc(-c6cccc(Nc7nc(C(F)F)cc8c7c(=O)n(C)c(=O)n8C)c6Cl)c5Cl)nc(OC)c43)CC21. The van der Waals surface area contributed by atoms with Crippen LogP contribution in [0.1, 0.15) is 42.6 Å². The van der Waals surface area contributed by atoms with E-state index in [9.17, 15) is 23.2 Å². The number of hydrogen-bond acceptors (Lipinski definition) is 9. The third-order valence-corrected chi connectivity index (χ3v) is 11.9. The number of halogens is 4. The van der Waals surface area contributed by atoms with Gasteiger partial charge in [0.05, 0.1) is 46.6 Å². The van der Waals surface area contributed by atoms with Crippen molar-refractivity contribution in [3.8, 4) is 28.3 Å². The zero-order valence-corrected chi connectivity index (χ0v) is 31.3. The molecule has 5 aromatic rings. The average molecular weight is 778 g/mol. The first kappa shape index (κ1) is 36.1. The number of methoxy groups -OCH3 is 1. The van der Waals surface area contributed by atoms with Crippen molar-refractivity contribution in [1.82, 2.24) is 24.0 Å². The number of esters is 1. The second kappa shape index (κ2) is 13.8. The van der Waals surface area contributed by atoms with Crippen LogP contribution in [0.15, 0.2) is 58.1 Å². The molecule has 8 rings (SSSR count). The Hall–Kier alpha value is -4.85. The van der Waals surface area contributed by atoms with Gasteiger partial charge in [0, 0.05) is 55.5 Å². The molecule has 3 atom stereocenters. The van der Waals surface area contributed by atoms with Crippen molar-refractivity contribution in [3.63, 3.8) is 0 Å². The highest BCUT2D eigenvalue weighted by atomic mass is 35.5. The lowest BCUT2D eigenvalue weighted by Gasteiger charge is -2.28. The Labute approximate surface area is 318 Å². The highest BCUT2D eigenvalue weighted by Gasteiger charge is 2.61. The number of carbonyl (C=O) groups excluding carboxylic acids is 1. The van der Waals surface area contributed by atoms with Gasteiger partial charge in [-0.1, -0.05) is 53.5 Å². The van der Waals surface area contributed by atoms with Gasteiger partial charge in [0.1, 0.15) is 16.9 Å². The summed E-state index contributed by atoms with van der Waals surface area (Å²) in [4.78, 5) is 49.7. The number of nitrogens with zero attached hydrogens (tertiary/aromatic N) is 5. The Bertz CT molecular complexity index is 2480. The van der Waals surface area contributed by atoms with Gasteiger partial charge < -0.3 is 14.8 Å². The fourth-order valence-corrected chi connectivity index (χ4v) is 8.95. The van der Waals surface area contributed by atoms with Crippen LogP contribution in [0, 0.1) is 17.8 Å². The van der Waals surface area contributed by atoms with E-state index in [1.54, 1.807) is 25.3 Å². The number of likely N-dealkylation sites (tertiary alicyclic amines) is 1. The van der Waals surface area contributed by atoms with Gasteiger partial charge in [0.25, 0.3) is 12.0 Å². The van der Waals surface area contributed by atoms with Crippen molar-refractivity contribution >= 4 is 51.6 Å². The third kappa shape index (κ3) is 5.84. The minimum atomic E-state index is -2.97. The van der Waals surface area contributed by atoms with Crippen molar-refractivity contribution in [2.75, 3.05) is 32.1 Å². The lowest BCUT2D eigenvalue weighted by atomic mass is 9.99. The zero-order valence-electron chi connectivity index (χ0n) is 29.8. The molecule has 3 aliphatic rings. The largest absolute Gasteiger partial charge is 0.481 e. The quantitative estimate of drug-likeness (QED) is 0.157. The van der Waals surface area contributed by atoms with E-state index in [1.165, 1.54) is 14.1 Å². The molecule has 0 amide bonds. The van der Waals surface area contributed by atoms with Crippen LogP contribution >= 0.6 is 23.2 Å². The summed E-state index contributed by atoms with van der Waals surface area (Å²) in [5.74, 6) is 0.937. The van der Waals surface area contributed by atoms with Gasteiger partial charge in [-0.05, 0) is 55.4 Å². The van der Waals surface area contributed by atoms with Crippen LogP contribution in [0.3, 0.4) is 0 Å². The second-order valence-electron chi connectivity index (χ2n) is 14.0. The van der Waals surface area contributed by atoms with Gasteiger partial charge in [-0.3, -0.25) is 23.6 Å². The number of pyridine rings is 2. The Morgan fingerprint density at radius 3 is 2.35 bits per heavy atom. The van der Waals surface area contributed by atoms with Crippen LogP contribution < -0.4 is 21.3 Å². The number of carbonyl (C=O) groups is 1. The molecule has 1 aliphatic heterocycles. The van der Waals surface area contributed by atoms with Crippen LogP contribution in [-0.4, -0.2) is 56.8 Å². The van der Waals surface area contributed by atoms with Crippen molar-refractivity contribution in [1.29, 1.82) is 0 Å². The van der Waals surface area contributed by atoms with Crippen LogP contribution in [0.4, 0.5) is 20.3 Å². The maximum atomic E-state index is 14.0. The van der Waals surface area contributed by atoms with E-state index >= 15 is 0 Å². The van der Waals surface area contributed by atoms with E-state index in [0.29, 0.717) is 51.7 Å². The number of alkyl halides is 2. The number of ether oxygens (including phenoxy) is 2. The molecule has 0 radical (unpaired) electrons. The maximum Gasteiger partial charge on any atom is 0.330 e. The second-order valence-corrected chi connectivity index (χ2v) is 14.7. The van der Waals surface area contributed by atoms with Gasteiger partial charge in [-0.25, -0.2) is 23.5 Å². The molecule has 3 aromatic heterocycles. The van der Waals surface area contributed by atoms with Crippen LogP contribution in [0.5, 0.6) is 5.88 Å². The molecule has 280 valence electrons. The molecule has 15 heteroatoms. The van der Waals surface area contributed by atoms with Crippen LogP contribution in [0.2, 0.25) is 10.0 Å². The summed E-state index contributed by atoms with van der Waals surface area (Å²) in [5, 5.41) is 3.52. The van der Waals surface area contributed by atoms with Crippen molar-refractivity contribution in [2.45, 2.75) is 32.2 Å². The zero-order chi connectivity index (χ0) is 38.2. The van der Waals surface area contributed by atoms with E-state index in [0.717, 1.165) is 52.3 Å². The lowest BCUT2D eigenvalue weighted by Crippen LogP contribution is -2.37.